The average molecular weight is 243 g/mol. The number of amides is 1. The minimum absolute atomic E-state index is 0.0627. The summed E-state index contributed by atoms with van der Waals surface area (Å²) in [6.07, 6.45) is 0.756. The lowest BCUT2D eigenvalue weighted by Crippen LogP contribution is -2.41. The van der Waals surface area contributed by atoms with E-state index in [0.717, 1.165) is 6.42 Å². The monoisotopic (exact) mass is 243 g/mol. The van der Waals surface area contributed by atoms with Gasteiger partial charge in [0.2, 0.25) is 0 Å². The van der Waals surface area contributed by atoms with Crippen LogP contribution in [0.5, 0.6) is 0 Å². The quantitative estimate of drug-likeness (QED) is 0.710. The van der Waals surface area contributed by atoms with Gasteiger partial charge in [-0.2, -0.15) is 0 Å². The van der Waals surface area contributed by atoms with Crippen LogP contribution in [0.4, 0.5) is 4.79 Å². The third-order valence-corrected chi connectivity index (χ3v) is 2.79. The van der Waals surface area contributed by atoms with E-state index < -0.39 is 5.60 Å². The van der Waals surface area contributed by atoms with E-state index in [9.17, 15) is 9.90 Å². The van der Waals surface area contributed by atoms with Crippen molar-refractivity contribution in [3.05, 3.63) is 0 Å². The predicted molar refractivity (Wildman–Crippen MR) is 66.8 cm³/mol. The van der Waals surface area contributed by atoms with Crippen molar-refractivity contribution < 1.29 is 14.6 Å². The number of rotatable bonds is 0. The molecular weight excluding hydrogens is 218 g/mol. The van der Waals surface area contributed by atoms with Crippen molar-refractivity contribution >= 4 is 6.09 Å². The Bertz CT molecular complexity index is 281. The number of carbonyl (C=O) groups is 1. The molecule has 0 aromatic heterocycles. The number of nitrogens with zero attached hydrogens (tertiary/aromatic N) is 1. The number of likely N-dealkylation sites (tertiary alicyclic amines) is 1. The summed E-state index contributed by atoms with van der Waals surface area (Å²) in [5.41, 5.74) is -0.529. The molecule has 0 saturated carbocycles. The van der Waals surface area contributed by atoms with E-state index in [1.54, 1.807) is 4.90 Å². The van der Waals surface area contributed by atoms with Crippen molar-refractivity contribution in [1.29, 1.82) is 0 Å². The number of aliphatic hydroxyl groups is 1. The second-order valence-electron chi connectivity index (χ2n) is 6.71. The number of aliphatic hydroxyl groups excluding tert-OH is 1. The summed E-state index contributed by atoms with van der Waals surface area (Å²) in [5.74, 6) is 0. The summed E-state index contributed by atoms with van der Waals surface area (Å²) in [5, 5.41) is 9.78. The molecule has 1 aliphatic heterocycles. The molecule has 4 heteroatoms. The summed E-state index contributed by atoms with van der Waals surface area (Å²) >= 11 is 0. The Labute approximate surface area is 104 Å². The predicted octanol–water partition coefficient (Wildman–Crippen LogP) is 2.40. The van der Waals surface area contributed by atoms with E-state index >= 15 is 0 Å². The van der Waals surface area contributed by atoms with Gasteiger partial charge >= 0.3 is 6.09 Å². The third kappa shape index (κ3) is 4.94. The van der Waals surface area contributed by atoms with Crippen molar-refractivity contribution in [3.63, 3.8) is 0 Å². The Kier molecular flexibility index (Phi) is 4.07. The van der Waals surface area contributed by atoms with Gasteiger partial charge in [0.1, 0.15) is 5.60 Å². The Morgan fingerprint density at radius 2 is 2.00 bits per heavy atom. The van der Waals surface area contributed by atoms with Crippen LogP contribution in [0.3, 0.4) is 0 Å². The maximum Gasteiger partial charge on any atom is 0.410 e. The number of hydrogen-bond acceptors (Lipinski definition) is 3. The minimum Gasteiger partial charge on any atom is -0.444 e. The zero-order valence-electron chi connectivity index (χ0n) is 11.6. The van der Waals surface area contributed by atoms with E-state index in [0.29, 0.717) is 19.5 Å². The fourth-order valence-electron chi connectivity index (χ4n) is 2.19. The highest BCUT2D eigenvalue weighted by molar-refractivity contribution is 5.68. The van der Waals surface area contributed by atoms with Crippen molar-refractivity contribution in [2.45, 2.75) is 59.2 Å². The van der Waals surface area contributed by atoms with Gasteiger partial charge < -0.3 is 14.7 Å². The van der Waals surface area contributed by atoms with Crippen LogP contribution in [0.15, 0.2) is 0 Å². The van der Waals surface area contributed by atoms with Gasteiger partial charge in [-0.25, -0.2) is 4.79 Å². The van der Waals surface area contributed by atoms with E-state index in [-0.39, 0.29) is 17.6 Å². The smallest absolute Gasteiger partial charge is 0.410 e. The van der Waals surface area contributed by atoms with E-state index in [4.69, 9.17) is 4.74 Å². The van der Waals surface area contributed by atoms with Crippen molar-refractivity contribution in [3.8, 4) is 0 Å². The average Bonchev–Trinajstić information content (AvgIpc) is 2.20. The zero-order chi connectivity index (χ0) is 13.3. The first kappa shape index (κ1) is 14.3. The molecule has 1 amide bonds. The summed E-state index contributed by atoms with van der Waals surface area (Å²) in [6, 6.07) is 0. The Morgan fingerprint density at radius 3 is 2.53 bits per heavy atom. The minimum atomic E-state index is -0.466. The highest BCUT2D eigenvalue weighted by Gasteiger charge is 2.33. The molecule has 1 saturated heterocycles. The normalized spacial score (nSPS) is 25.3. The highest BCUT2D eigenvalue weighted by Crippen LogP contribution is 2.29. The van der Waals surface area contributed by atoms with Gasteiger partial charge in [-0.3, -0.25) is 0 Å². The van der Waals surface area contributed by atoms with Crippen molar-refractivity contribution in [2.75, 3.05) is 13.1 Å². The molecule has 1 aliphatic rings. The first-order chi connectivity index (χ1) is 7.59. The lowest BCUT2D eigenvalue weighted by molar-refractivity contribution is 0.0200. The standard InChI is InChI=1S/C13H25NO3/c1-12(2,3)17-11(16)14-7-6-10(15)8-13(4,5)9-14/h10,15H,6-9H2,1-5H3. The van der Waals surface area contributed by atoms with Crippen LogP contribution >= 0.6 is 0 Å². The van der Waals surface area contributed by atoms with Crippen LogP contribution in [0, 0.1) is 5.41 Å². The Hall–Kier alpha value is -0.770. The Balaban J connectivity index is 2.67. The lowest BCUT2D eigenvalue weighted by Gasteiger charge is -2.31. The van der Waals surface area contributed by atoms with E-state index in [2.05, 4.69) is 13.8 Å². The number of carbonyl (C=O) groups excluding carboxylic acids is 1. The van der Waals surface area contributed by atoms with Gasteiger partial charge in [-0.15, -0.1) is 0 Å². The third-order valence-electron chi connectivity index (χ3n) is 2.79. The van der Waals surface area contributed by atoms with Gasteiger partial charge in [0.15, 0.2) is 0 Å². The maximum absolute atomic E-state index is 12.0. The van der Waals surface area contributed by atoms with Crippen LogP contribution in [-0.2, 0) is 4.74 Å². The first-order valence-electron chi connectivity index (χ1n) is 6.25. The van der Waals surface area contributed by atoms with Crippen LogP contribution < -0.4 is 0 Å². The van der Waals surface area contributed by atoms with Crippen LogP contribution in [0.1, 0.15) is 47.5 Å². The molecule has 0 aromatic rings. The molecule has 1 unspecified atom stereocenters. The van der Waals surface area contributed by atoms with Crippen LogP contribution in [-0.4, -0.2) is 40.9 Å². The van der Waals surface area contributed by atoms with Crippen LogP contribution in [0.25, 0.3) is 0 Å². The van der Waals surface area contributed by atoms with Gasteiger partial charge in [0.05, 0.1) is 6.10 Å². The molecule has 1 N–H and O–H groups in total. The molecule has 1 heterocycles. The lowest BCUT2D eigenvalue weighted by atomic mass is 9.87. The topological polar surface area (TPSA) is 49.8 Å². The van der Waals surface area contributed by atoms with Crippen molar-refractivity contribution in [1.82, 2.24) is 4.90 Å². The molecule has 17 heavy (non-hydrogen) atoms. The molecule has 4 nitrogen and oxygen atoms in total. The highest BCUT2D eigenvalue weighted by atomic mass is 16.6. The summed E-state index contributed by atoms with van der Waals surface area (Å²) < 4.78 is 5.37. The van der Waals surface area contributed by atoms with Gasteiger partial charge in [0.25, 0.3) is 0 Å². The number of ether oxygens (including phenoxy) is 1. The van der Waals surface area contributed by atoms with E-state index in [1.807, 2.05) is 20.8 Å². The molecule has 0 spiro atoms. The molecule has 1 rings (SSSR count). The SMILES string of the molecule is CC1(C)CC(O)CCN(C(=O)OC(C)(C)C)C1. The second kappa shape index (κ2) is 4.84. The molecule has 100 valence electrons. The van der Waals surface area contributed by atoms with E-state index in [1.165, 1.54) is 0 Å². The summed E-state index contributed by atoms with van der Waals surface area (Å²) in [6.45, 7) is 10.9. The van der Waals surface area contributed by atoms with Crippen molar-refractivity contribution in [2.24, 2.45) is 5.41 Å². The molecule has 0 aliphatic carbocycles. The molecule has 0 bridgehead atoms. The zero-order valence-corrected chi connectivity index (χ0v) is 11.6. The Morgan fingerprint density at radius 1 is 1.41 bits per heavy atom. The first-order valence-corrected chi connectivity index (χ1v) is 6.25. The summed E-state index contributed by atoms with van der Waals surface area (Å²) in [7, 11) is 0. The largest absolute Gasteiger partial charge is 0.444 e. The number of hydrogen-bond donors (Lipinski definition) is 1. The van der Waals surface area contributed by atoms with Gasteiger partial charge in [-0.05, 0) is 39.0 Å². The molecule has 1 atom stereocenters. The molecule has 0 radical (unpaired) electrons. The molecule has 0 aromatic carbocycles. The molecule has 1 fully saturated rings. The fraction of sp³-hybridized carbons (Fsp3) is 0.923. The fourth-order valence-corrected chi connectivity index (χ4v) is 2.19. The molecular formula is C13H25NO3. The van der Waals surface area contributed by atoms with Crippen LogP contribution in [0.2, 0.25) is 0 Å². The van der Waals surface area contributed by atoms with Gasteiger partial charge in [0, 0.05) is 13.1 Å². The maximum atomic E-state index is 12.0. The summed E-state index contributed by atoms with van der Waals surface area (Å²) in [4.78, 5) is 13.7. The second-order valence-corrected chi connectivity index (χ2v) is 6.71. The van der Waals surface area contributed by atoms with Gasteiger partial charge in [-0.1, -0.05) is 13.8 Å².